The number of rotatable bonds is 6. The Hall–Kier alpha value is -4.58. The molecule has 0 spiro atoms. The van der Waals surface area contributed by atoms with Gasteiger partial charge in [-0.05, 0) is 36.2 Å². The summed E-state index contributed by atoms with van der Waals surface area (Å²) in [7, 11) is -5.83. The van der Waals surface area contributed by atoms with Gasteiger partial charge in [-0.2, -0.15) is 26.9 Å². The molecule has 2 amide bonds. The Morgan fingerprint density at radius 3 is 2.44 bits per heavy atom. The first kappa shape index (κ1) is 27.5. The van der Waals surface area contributed by atoms with Crippen LogP contribution in [0.25, 0.3) is 0 Å². The second-order valence-corrected chi connectivity index (χ2v) is 10.3. The summed E-state index contributed by atoms with van der Waals surface area (Å²) >= 11 is 0. The molecule has 39 heavy (non-hydrogen) atoms. The molecule has 0 bridgehead atoms. The number of alkyl halides is 3. The van der Waals surface area contributed by atoms with Gasteiger partial charge < -0.3 is 10.6 Å². The fourth-order valence-electron chi connectivity index (χ4n) is 3.89. The molecule has 3 aromatic rings. The van der Waals surface area contributed by atoms with E-state index < -0.39 is 51.4 Å². The largest absolute Gasteiger partial charge is 0.516 e. The zero-order valence-corrected chi connectivity index (χ0v) is 20.8. The highest BCUT2D eigenvalue weighted by atomic mass is 32.2. The van der Waals surface area contributed by atoms with Crippen LogP contribution in [0.2, 0.25) is 0 Å². The van der Waals surface area contributed by atoms with Crippen molar-refractivity contribution in [3.8, 4) is 6.07 Å². The lowest BCUT2D eigenvalue weighted by Crippen LogP contribution is -2.42. The van der Waals surface area contributed by atoms with Crippen LogP contribution in [0.5, 0.6) is 0 Å². The Balaban J connectivity index is 1.52. The van der Waals surface area contributed by atoms with E-state index in [1.807, 2.05) is 0 Å². The van der Waals surface area contributed by atoms with Gasteiger partial charge in [0.15, 0.2) is 0 Å². The number of nitrogens with zero attached hydrogens (tertiary/aromatic N) is 4. The summed E-state index contributed by atoms with van der Waals surface area (Å²) in [6.45, 7) is 0.824. The van der Waals surface area contributed by atoms with E-state index >= 15 is 0 Å². The second-order valence-electron chi connectivity index (χ2n) is 8.45. The highest BCUT2D eigenvalue weighted by Crippen LogP contribution is 2.41. The summed E-state index contributed by atoms with van der Waals surface area (Å²) in [4.78, 5) is 33.1. The molecule has 2 N–H and O–H groups in total. The van der Waals surface area contributed by atoms with E-state index in [0.29, 0.717) is 11.1 Å². The van der Waals surface area contributed by atoms with E-state index in [-0.39, 0.29) is 33.4 Å². The molecule has 0 radical (unpaired) electrons. The SMILES string of the molecule is Cc1cc(CNC(=O)c2cc(C(=O)N[C@H]3CN(S(=O)(=O)C(F)(F)F)c4cc(C#N)ccc43)ncn2)ccc1F. The minimum Gasteiger partial charge on any atom is -0.347 e. The Bertz CT molecular complexity index is 1620. The molecule has 0 aliphatic carbocycles. The van der Waals surface area contributed by atoms with Gasteiger partial charge in [0.1, 0.15) is 23.5 Å². The molecule has 1 aromatic heterocycles. The zero-order chi connectivity index (χ0) is 28.5. The number of nitriles is 1. The summed E-state index contributed by atoms with van der Waals surface area (Å²) in [5.41, 5.74) is -5.54. The number of benzene rings is 2. The quantitative estimate of drug-likeness (QED) is 0.440. The highest BCUT2D eigenvalue weighted by molar-refractivity contribution is 7.93. The topological polar surface area (TPSA) is 145 Å². The Morgan fingerprint density at radius 1 is 1.10 bits per heavy atom. The van der Waals surface area contributed by atoms with Crippen molar-refractivity contribution >= 4 is 27.5 Å². The average molecular weight is 563 g/mol. The third-order valence-corrected chi connectivity index (χ3v) is 7.36. The van der Waals surface area contributed by atoms with E-state index in [2.05, 4.69) is 20.6 Å². The predicted octanol–water partition coefficient (Wildman–Crippen LogP) is 2.87. The van der Waals surface area contributed by atoms with Gasteiger partial charge in [0.2, 0.25) is 0 Å². The van der Waals surface area contributed by atoms with Gasteiger partial charge in [-0.15, -0.1) is 0 Å². The summed E-state index contributed by atoms with van der Waals surface area (Å²) in [6, 6.07) is 9.38. The Morgan fingerprint density at radius 2 is 1.79 bits per heavy atom. The number of carbonyl (C=O) groups excluding carboxylic acids is 2. The fourth-order valence-corrected chi connectivity index (χ4v) is 4.90. The Kier molecular flexibility index (Phi) is 7.25. The zero-order valence-electron chi connectivity index (χ0n) is 20.0. The van der Waals surface area contributed by atoms with Crippen LogP contribution >= 0.6 is 0 Å². The van der Waals surface area contributed by atoms with Crippen molar-refractivity contribution in [1.82, 2.24) is 20.6 Å². The highest BCUT2D eigenvalue weighted by Gasteiger charge is 2.53. The predicted molar refractivity (Wildman–Crippen MR) is 128 cm³/mol. The van der Waals surface area contributed by atoms with Gasteiger partial charge in [-0.25, -0.2) is 14.4 Å². The smallest absolute Gasteiger partial charge is 0.347 e. The van der Waals surface area contributed by atoms with Crippen LogP contribution in [0.1, 0.15) is 49.3 Å². The minimum atomic E-state index is -5.83. The number of hydrogen-bond donors (Lipinski definition) is 2. The third-order valence-electron chi connectivity index (χ3n) is 5.85. The monoisotopic (exact) mass is 562 g/mol. The van der Waals surface area contributed by atoms with Crippen LogP contribution in [-0.4, -0.2) is 42.3 Å². The standard InChI is InChI=1S/C24H18F4N6O4S/c1-13-6-15(3-5-17(13)25)10-30-22(35)18-8-19(32-12-31-18)23(36)33-20-11-34(39(37,38)24(26,27)28)21-7-14(9-29)2-4-16(20)21/h2-8,12,20H,10-11H2,1H3,(H,30,35)(H,33,36)/t20-/m0/s1. The Labute approximate surface area is 219 Å². The van der Waals surface area contributed by atoms with Crippen molar-refractivity contribution in [2.75, 3.05) is 10.8 Å². The van der Waals surface area contributed by atoms with Crippen molar-refractivity contribution in [2.45, 2.75) is 25.0 Å². The second kappa shape index (κ2) is 10.3. The van der Waals surface area contributed by atoms with Crippen LogP contribution in [-0.2, 0) is 16.6 Å². The van der Waals surface area contributed by atoms with E-state index in [9.17, 15) is 35.6 Å². The van der Waals surface area contributed by atoms with Gasteiger partial charge >= 0.3 is 15.5 Å². The fraction of sp³-hybridized carbons (Fsp3) is 0.208. The van der Waals surface area contributed by atoms with Crippen molar-refractivity contribution in [3.63, 3.8) is 0 Å². The maximum Gasteiger partial charge on any atom is 0.516 e. The lowest BCUT2D eigenvalue weighted by Gasteiger charge is -2.21. The number of sulfonamides is 1. The normalized spacial score (nSPS) is 14.9. The molecule has 1 atom stereocenters. The molecule has 4 rings (SSSR count). The maximum atomic E-state index is 13.4. The minimum absolute atomic E-state index is 0.0387. The number of aryl methyl sites for hydroxylation is 1. The summed E-state index contributed by atoms with van der Waals surface area (Å²) < 4.78 is 77.7. The molecular formula is C24H18F4N6O4S. The molecular weight excluding hydrogens is 544 g/mol. The van der Waals surface area contributed by atoms with Gasteiger partial charge in [0, 0.05) is 18.2 Å². The molecule has 0 unspecified atom stereocenters. The molecule has 202 valence electrons. The van der Waals surface area contributed by atoms with Crippen LogP contribution in [0.3, 0.4) is 0 Å². The van der Waals surface area contributed by atoms with Gasteiger partial charge in [0.05, 0.1) is 29.9 Å². The van der Waals surface area contributed by atoms with Crippen molar-refractivity contribution < 1.29 is 35.6 Å². The van der Waals surface area contributed by atoms with E-state index in [1.54, 1.807) is 19.1 Å². The number of hydrogen-bond acceptors (Lipinski definition) is 7. The van der Waals surface area contributed by atoms with Crippen LogP contribution < -0.4 is 14.9 Å². The van der Waals surface area contributed by atoms with Crippen LogP contribution in [0, 0.1) is 24.1 Å². The van der Waals surface area contributed by atoms with Gasteiger partial charge in [0.25, 0.3) is 11.8 Å². The summed E-state index contributed by atoms with van der Waals surface area (Å²) in [6.07, 6.45) is 0.939. The summed E-state index contributed by atoms with van der Waals surface area (Å²) in [5, 5.41) is 14.1. The van der Waals surface area contributed by atoms with Crippen LogP contribution in [0.4, 0.5) is 23.2 Å². The first-order valence-electron chi connectivity index (χ1n) is 11.1. The van der Waals surface area contributed by atoms with Crippen molar-refractivity contribution in [1.29, 1.82) is 5.26 Å². The maximum absolute atomic E-state index is 13.4. The lowest BCUT2D eigenvalue weighted by atomic mass is 10.1. The molecule has 2 aromatic carbocycles. The molecule has 10 nitrogen and oxygen atoms in total. The lowest BCUT2D eigenvalue weighted by molar-refractivity contribution is -0.0438. The first-order valence-corrected chi connectivity index (χ1v) is 12.5. The van der Waals surface area contributed by atoms with Crippen LogP contribution in [0.15, 0.2) is 48.8 Å². The molecule has 0 saturated heterocycles. The number of aromatic nitrogens is 2. The number of anilines is 1. The molecule has 2 heterocycles. The molecule has 15 heteroatoms. The molecule has 0 saturated carbocycles. The third kappa shape index (κ3) is 5.50. The number of amides is 2. The number of fused-ring (bicyclic) bond motifs is 1. The molecule has 0 fully saturated rings. The van der Waals surface area contributed by atoms with Gasteiger partial charge in [-0.1, -0.05) is 18.2 Å². The van der Waals surface area contributed by atoms with E-state index in [0.717, 1.165) is 18.5 Å². The first-order chi connectivity index (χ1) is 18.3. The van der Waals surface area contributed by atoms with Gasteiger partial charge in [-0.3, -0.25) is 13.9 Å². The summed E-state index contributed by atoms with van der Waals surface area (Å²) in [5.74, 6) is -1.98. The van der Waals surface area contributed by atoms with E-state index in [4.69, 9.17) is 5.26 Å². The number of carbonyl (C=O) groups is 2. The number of nitrogens with one attached hydrogen (secondary N) is 2. The molecule has 1 aliphatic rings. The average Bonchev–Trinajstić information content (AvgIpc) is 3.26. The van der Waals surface area contributed by atoms with E-state index in [1.165, 1.54) is 24.3 Å². The molecule has 1 aliphatic heterocycles. The van der Waals surface area contributed by atoms with Crippen molar-refractivity contribution in [3.05, 3.63) is 88.3 Å². The number of halogens is 4. The van der Waals surface area contributed by atoms with Crippen molar-refractivity contribution in [2.24, 2.45) is 0 Å².